The fourth-order valence-corrected chi connectivity index (χ4v) is 3.89. The maximum absolute atomic E-state index is 11.0. The van der Waals surface area contributed by atoms with E-state index in [1.807, 2.05) is 48.7 Å². The van der Waals surface area contributed by atoms with Gasteiger partial charge in [0.1, 0.15) is 5.82 Å². The van der Waals surface area contributed by atoms with Crippen molar-refractivity contribution in [2.24, 2.45) is 0 Å². The van der Waals surface area contributed by atoms with Crippen LogP contribution in [0.1, 0.15) is 24.8 Å². The molecule has 1 aromatic heterocycles. The largest absolute Gasteiger partial charge is 0.772 e. The summed E-state index contributed by atoms with van der Waals surface area (Å²) in [6, 6.07) is 13.6. The fourth-order valence-electron chi connectivity index (χ4n) is 3.43. The van der Waals surface area contributed by atoms with E-state index in [-0.39, 0.29) is 5.75 Å². The highest BCUT2D eigenvalue weighted by atomic mass is 32.2. The van der Waals surface area contributed by atoms with E-state index in [4.69, 9.17) is 4.98 Å². The number of hydrogen-bond acceptors (Lipinski definition) is 5. The third-order valence-corrected chi connectivity index (χ3v) is 5.32. The van der Waals surface area contributed by atoms with Gasteiger partial charge in [-0.25, -0.2) is 4.98 Å². The van der Waals surface area contributed by atoms with Crippen LogP contribution >= 0.6 is 0 Å². The highest BCUT2D eigenvalue weighted by Gasteiger charge is 2.13. The summed E-state index contributed by atoms with van der Waals surface area (Å²) in [4.78, 5) is 11.7. The molecular weight excluding hydrogens is 346 g/mol. The number of hydrogen-bond donors (Lipinski definition) is 0. The molecule has 1 unspecified atom stereocenters. The molecule has 0 saturated carbocycles. The van der Waals surface area contributed by atoms with Gasteiger partial charge in [0.05, 0.1) is 17.2 Å². The Labute approximate surface area is 155 Å². The van der Waals surface area contributed by atoms with Crippen LogP contribution in [-0.2, 0) is 16.8 Å². The number of anilines is 1. The first-order chi connectivity index (χ1) is 12.7. The van der Waals surface area contributed by atoms with Gasteiger partial charge in [-0.2, -0.15) is 0 Å². The molecule has 0 radical (unpaired) electrons. The van der Waals surface area contributed by atoms with E-state index in [9.17, 15) is 8.76 Å². The standard InChI is InChI=1S/C20H21N3O2S/c24-26(25)14-15-5-4-6-16(11-15)17-7-8-18-19(12-17)22-20(13-21-18)23-9-2-1-3-10-23/h4-8,11-13H,1-3,9-10,14H2,(H,24,25)/p-1. The van der Waals surface area contributed by atoms with Crippen molar-refractivity contribution < 1.29 is 8.76 Å². The summed E-state index contributed by atoms with van der Waals surface area (Å²) in [6.07, 6.45) is 5.55. The lowest BCUT2D eigenvalue weighted by Gasteiger charge is -2.27. The smallest absolute Gasteiger partial charge is 0.147 e. The Morgan fingerprint density at radius 1 is 1.00 bits per heavy atom. The molecule has 0 spiro atoms. The molecule has 5 nitrogen and oxygen atoms in total. The number of nitrogens with zero attached hydrogens (tertiary/aromatic N) is 3. The molecule has 0 N–H and O–H groups in total. The van der Waals surface area contributed by atoms with E-state index in [0.717, 1.165) is 46.6 Å². The molecule has 1 atom stereocenters. The van der Waals surface area contributed by atoms with Crippen molar-refractivity contribution in [2.45, 2.75) is 25.0 Å². The first kappa shape index (κ1) is 17.1. The molecule has 2 aromatic carbocycles. The van der Waals surface area contributed by atoms with Gasteiger partial charge in [0, 0.05) is 18.8 Å². The summed E-state index contributed by atoms with van der Waals surface area (Å²) in [5, 5.41) is 0. The fraction of sp³-hybridized carbons (Fsp3) is 0.300. The van der Waals surface area contributed by atoms with Gasteiger partial charge in [-0.3, -0.25) is 9.19 Å². The van der Waals surface area contributed by atoms with Crippen LogP contribution in [0.2, 0.25) is 0 Å². The van der Waals surface area contributed by atoms with Gasteiger partial charge < -0.3 is 9.45 Å². The van der Waals surface area contributed by atoms with E-state index in [1.54, 1.807) is 0 Å². The van der Waals surface area contributed by atoms with Crippen molar-refractivity contribution in [3.63, 3.8) is 0 Å². The summed E-state index contributed by atoms with van der Waals surface area (Å²) < 4.78 is 21.9. The molecule has 1 fully saturated rings. The van der Waals surface area contributed by atoms with Crippen molar-refractivity contribution >= 4 is 27.9 Å². The molecule has 2 heterocycles. The van der Waals surface area contributed by atoms with Gasteiger partial charge in [-0.05, 0) is 48.1 Å². The predicted molar refractivity (Wildman–Crippen MR) is 104 cm³/mol. The van der Waals surface area contributed by atoms with Crippen LogP contribution in [0.15, 0.2) is 48.7 Å². The van der Waals surface area contributed by atoms with Crippen LogP contribution in [0.25, 0.3) is 22.2 Å². The van der Waals surface area contributed by atoms with Crippen LogP contribution in [0, 0.1) is 0 Å². The highest BCUT2D eigenvalue weighted by Crippen LogP contribution is 2.26. The van der Waals surface area contributed by atoms with Gasteiger partial charge in [-0.1, -0.05) is 41.4 Å². The Bertz CT molecular complexity index is 955. The second-order valence-electron chi connectivity index (χ2n) is 6.63. The van der Waals surface area contributed by atoms with Gasteiger partial charge in [0.15, 0.2) is 0 Å². The van der Waals surface area contributed by atoms with Crippen LogP contribution < -0.4 is 4.90 Å². The van der Waals surface area contributed by atoms with Crippen LogP contribution in [0.4, 0.5) is 5.82 Å². The molecule has 0 bridgehead atoms. The maximum atomic E-state index is 11.0. The molecular formula is C20H20N3O2S-. The van der Waals surface area contributed by atoms with Gasteiger partial charge in [0.2, 0.25) is 0 Å². The maximum Gasteiger partial charge on any atom is 0.147 e. The molecule has 1 saturated heterocycles. The summed E-state index contributed by atoms with van der Waals surface area (Å²) in [6.45, 7) is 2.07. The zero-order valence-corrected chi connectivity index (χ0v) is 15.2. The Morgan fingerprint density at radius 2 is 1.81 bits per heavy atom. The van der Waals surface area contributed by atoms with Crippen molar-refractivity contribution in [3.8, 4) is 11.1 Å². The Balaban J connectivity index is 1.69. The average molecular weight is 366 g/mol. The summed E-state index contributed by atoms with van der Waals surface area (Å²) in [7, 11) is 0. The van der Waals surface area contributed by atoms with E-state index in [1.165, 1.54) is 19.3 Å². The quantitative estimate of drug-likeness (QED) is 0.659. The molecule has 1 aliphatic rings. The summed E-state index contributed by atoms with van der Waals surface area (Å²) >= 11 is -2.09. The molecule has 6 heteroatoms. The van der Waals surface area contributed by atoms with Crippen molar-refractivity contribution in [1.82, 2.24) is 9.97 Å². The molecule has 4 rings (SSSR count). The SMILES string of the molecule is O=S([O-])Cc1cccc(-c2ccc3ncc(N4CCCCC4)nc3c2)c1. The topological polar surface area (TPSA) is 69.2 Å². The molecule has 0 amide bonds. The lowest BCUT2D eigenvalue weighted by molar-refractivity contribution is 0.536. The monoisotopic (exact) mass is 366 g/mol. The van der Waals surface area contributed by atoms with Gasteiger partial charge in [0.25, 0.3) is 0 Å². The number of rotatable bonds is 4. The van der Waals surface area contributed by atoms with Crippen LogP contribution in [0.5, 0.6) is 0 Å². The van der Waals surface area contributed by atoms with Crippen molar-refractivity contribution in [3.05, 3.63) is 54.2 Å². The molecule has 134 valence electrons. The lowest BCUT2D eigenvalue weighted by atomic mass is 10.0. The number of fused-ring (bicyclic) bond motifs is 1. The summed E-state index contributed by atoms with van der Waals surface area (Å²) in [5.74, 6) is 0.963. The Kier molecular flexibility index (Phi) is 4.95. The van der Waals surface area contributed by atoms with E-state index < -0.39 is 11.1 Å². The highest BCUT2D eigenvalue weighted by molar-refractivity contribution is 7.78. The minimum absolute atomic E-state index is 0.0281. The molecule has 0 aliphatic carbocycles. The van der Waals surface area contributed by atoms with E-state index in [0.29, 0.717) is 0 Å². The average Bonchev–Trinajstić information content (AvgIpc) is 2.67. The second kappa shape index (κ2) is 7.51. The first-order valence-corrected chi connectivity index (χ1v) is 10.1. The van der Waals surface area contributed by atoms with Crippen molar-refractivity contribution in [2.75, 3.05) is 18.0 Å². The van der Waals surface area contributed by atoms with E-state index in [2.05, 4.69) is 9.88 Å². The zero-order valence-electron chi connectivity index (χ0n) is 14.4. The minimum Gasteiger partial charge on any atom is -0.772 e. The minimum atomic E-state index is -2.09. The number of piperidine rings is 1. The number of benzene rings is 2. The third kappa shape index (κ3) is 3.76. The van der Waals surface area contributed by atoms with E-state index >= 15 is 0 Å². The Morgan fingerprint density at radius 3 is 2.62 bits per heavy atom. The lowest BCUT2D eigenvalue weighted by Crippen LogP contribution is -2.30. The van der Waals surface area contributed by atoms with Gasteiger partial charge in [-0.15, -0.1) is 0 Å². The van der Waals surface area contributed by atoms with Crippen LogP contribution in [0.3, 0.4) is 0 Å². The molecule has 26 heavy (non-hydrogen) atoms. The zero-order chi connectivity index (χ0) is 17.9. The van der Waals surface area contributed by atoms with Crippen LogP contribution in [-0.4, -0.2) is 31.8 Å². The molecule has 1 aliphatic heterocycles. The van der Waals surface area contributed by atoms with Crippen molar-refractivity contribution in [1.29, 1.82) is 0 Å². The first-order valence-electron chi connectivity index (χ1n) is 8.86. The Hall–Kier alpha value is -2.31. The number of aromatic nitrogens is 2. The third-order valence-electron chi connectivity index (χ3n) is 4.75. The predicted octanol–water partition coefficient (Wildman–Crippen LogP) is 3.67. The second-order valence-corrected chi connectivity index (χ2v) is 7.52. The molecule has 3 aromatic rings. The van der Waals surface area contributed by atoms with Gasteiger partial charge >= 0.3 is 0 Å². The summed E-state index contributed by atoms with van der Waals surface area (Å²) in [5.41, 5.74) is 4.51. The normalized spacial score (nSPS) is 16.0.